The molecular weight excluding hydrogens is 644 g/mol. The summed E-state index contributed by atoms with van der Waals surface area (Å²) in [6.45, 7) is 14.4. The van der Waals surface area contributed by atoms with Gasteiger partial charge in [0.05, 0.1) is 13.0 Å². The number of hydrogen-bond acceptors (Lipinski definition) is 6. The van der Waals surface area contributed by atoms with Gasteiger partial charge in [0, 0.05) is 19.5 Å². The Kier molecular flexibility index (Phi) is 15.3. The molecule has 0 bridgehead atoms. The minimum atomic E-state index is -1.15. The standard InChI is InChI=1S/C27H46.C15H24N2O7/c1-19(2)9-8-10-20(3)23-14-15-24-22-13-12-21-11-6-7-17-26(21,4)25(22)16-18-27(23,24)5;1-2-23-14(20)10-16-9-7-13(19)24-11-17(15(21)22)8-5-3-4-6-12(16)18/h12,19-20,22-25H,6-11,13-18H2,1-5H3;2-11H2,1H3,(H,21,22). The van der Waals surface area contributed by atoms with Crippen molar-refractivity contribution >= 4 is 23.9 Å². The van der Waals surface area contributed by atoms with E-state index >= 15 is 0 Å². The maximum atomic E-state index is 12.2. The lowest BCUT2D eigenvalue weighted by molar-refractivity contribution is -0.152. The number of carbonyl (C=O) groups is 4. The predicted octanol–water partition coefficient (Wildman–Crippen LogP) is 9.24. The molecule has 9 nitrogen and oxygen atoms in total. The summed E-state index contributed by atoms with van der Waals surface area (Å²) in [5.74, 6) is 4.46. The lowest BCUT2D eigenvalue weighted by Crippen LogP contribution is -2.50. The number of hydrogen-bond donors (Lipinski definition) is 1. The Hall–Kier alpha value is -2.58. The van der Waals surface area contributed by atoms with Crippen molar-refractivity contribution in [3.63, 3.8) is 0 Å². The Morgan fingerprint density at radius 2 is 1.71 bits per heavy atom. The van der Waals surface area contributed by atoms with Crippen LogP contribution >= 0.6 is 0 Å². The van der Waals surface area contributed by atoms with Crippen LogP contribution in [0.2, 0.25) is 0 Å². The van der Waals surface area contributed by atoms with Crippen LogP contribution in [0.5, 0.6) is 0 Å². The number of cyclic esters (lactones) is 1. The Morgan fingerprint density at radius 1 is 0.941 bits per heavy atom. The van der Waals surface area contributed by atoms with Crippen LogP contribution in [0.4, 0.5) is 4.79 Å². The molecule has 0 spiro atoms. The highest BCUT2D eigenvalue weighted by molar-refractivity contribution is 5.82. The van der Waals surface area contributed by atoms with Gasteiger partial charge >= 0.3 is 18.0 Å². The average molecular weight is 715 g/mol. The predicted molar refractivity (Wildman–Crippen MR) is 200 cm³/mol. The first-order valence-electron chi connectivity index (χ1n) is 20.6. The van der Waals surface area contributed by atoms with Gasteiger partial charge in [-0.05, 0) is 117 Å². The lowest BCUT2D eigenvalue weighted by atomic mass is 9.47. The summed E-state index contributed by atoms with van der Waals surface area (Å²) >= 11 is 0. The first-order chi connectivity index (χ1) is 24.3. The highest BCUT2D eigenvalue weighted by atomic mass is 16.6. The third-order valence-corrected chi connectivity index (χ3v) is 13.8. The Labute approximate surface area is 308 Å². The van der Waals surface area contributed by atoms with E-state index in [2.05, 4.69) is 40.7 Å². The number of rotatable bonds is 8. The molecule has 1 aliphatic heterocycles. The molecule has 0 aromatic heterocycles. The van der Waals surface area contributed by atoms with Gasteiger partial charge < -0.3 is 19.5 Å². The van der Waals surface area contributed by atoms with Crippen molar-refractivity contribution in [1.82, 2.24) is 9.80 Å². The van der Waals surface area contributed by atoms with Gasteiger partial charge in [0.2, 0.25) is 5.91 Å². The molecule has 7 atom stereocenters. The zero-order valence-corrected chi connectivity index (χ0v) is 32.9. The first-order valence-corrected chi connectivity index (χ1v) is 20.6. The number of allylic oxidation sites excluding steroid dienone is 2. The maximum absolute atomic E-state index is 12.2. The highest BCUT2D eigenvalue weighted by Crippen LogP contribution is 2.67. The first kappa shape index (κ1) is 41.2. The molecule has 2 amide bonds. The van der Waals surface area contributed by atoms with Gasteiger partial charge in [-0.3, -0.25) is 19.3 Å². The molecule has 0 aromatic carbocycles. The number of carbonyl (C=O) groups excluding carboxylic acids is 3. The molecule has 0 aromatic rings. The molecule has 290 valence electrons. The number of ether oxygens (including phenoxy) is 2. The Balaban J connectivity index is 0.000000231. The van der Waals surface area contributed by atoms with Gasteiger partial charge in [0.25, 0.3) is 0 Å². The molecule has 5 aliphatic rings. The van der Waals surface area contributed by atoms with E-state index in [1.54, 1.807) is 6.92 Å². The topological polar surface area (TPSA) is 113 Å². The van der Waals surface area contributed by atoms with Crippen molar-refractivity contribution in [3.05, 3.63) is 11.6 Å². The second-order valence-electron chi connectivity index (χ2n) is 17.4. The number of fused-ring (bicyclic) bond motifs is 5. The smallest absolute Gasteiger partial charge is 0.409 e. The van der Waals surface area contributed by atoms with Crippen LogP contribution in [0.3, 0.4) is 0 Å². The molecule has 4 fully saturated rings. The fraction of sp³-hybridized carbons (Fsp3) is 0.857. The summed E-state index contributed by atoms with van der Waals surface area (Å²) in [6.07, 6.45) is 21.2. The monoisotopic (exact) mass is 715 g/mol. The van der Waals surface area contributed by atoms with Gasteiger partial charge in [0.15, 0.2) is 6.73 Å². The van der Waals surface area contributed by atoms with E-state index in [0.717, 1.165) is 40.4 Å². The van der Waals surface area contributed by atoms with Crippen LogP contribution < -0.4 is 0 Å². The Bertz CT molecular complexity index is 1220. The van der Waals surface area contributed by atoms with Crippen molar-refractivity contribution in [1.29, 1.82) is 0 Å². The van der Waals surface area contributed by atoms with Gasteiger partial charge in [-0.25, -0.2) is 4.79 Å². The maximum Gasteiger partial charge on any atom is 0.409 e. The SMILES string of the molecule is CC(C)CCCC(C)C1CCC2C3CC=C4CCCCC4(C)C3CCC12C.CCOC(=O)CN1CCC(=O)OCN(C(=O)O)CCCCCC1=O. The summed E-state index contributed by atoms with van der Waals surface area (Å²) in [6, 6.07) is 0. The molecule has 9 heteroatoms. The zero-order valence-electron chi connectivity index (χ0n) is 32.9. The number of carboxylic acid groups (broad SMARTS) is 1. The largest absolute Gasteiger partial charge is 0.465 e. The number of amides is 2. The summed E-state index contributed by atoms with van der Waals surface area (Å²) in [5, 5.41) is 9.04. The minimum Gasteiger partial charge on any atom is -0.465 e. The molecular formula is C42H70N2O7. The molecule has 51 heavy (non-hydrogen) atoms. The van der Waals surface area contributed by atoms with Crippen LogP contribution in [-0.4, -0.2) is 71.8 Å². The van der Waals surface area contributed by atoms with Crippen LogP contribution in [-0.2, 0) is 23.9 Å². The minimum absolute atomic E-state index is 0.0313. The fourth-order valence-corrected chi connectivity index (χ4v) is 11.0. The summed E-state index contributed by atoms with van der Waals surface area (Å²) < 4.78 is 9.75. The second-order valence-corrected chi connectivity index (χ2v) is 17.4. The van der Waals surface area contributed by atoms with Gasteiger partial charge in [-0.1, -0.05) is 78.4 Å². The molecule has 1 N–H and O–H groups in total. The van der Waals surface area contributed by atoms with Crippen molar-refractivity contribution < 1.29 is 33.8 Å². The van der Waals surface area contributed by atoms with Crippen LogP contribution in [0.15, 0.2) is 11.6 Å². The van der Waals surface area contributed by atoms with Gasteiger partial charge in [0.1, 0.15) is 6.54 Å². The van der Waals surface area contributed by atoms with E-state index in [0.29, 0.717) is 30.1 Å². The summed E-state index contributed by atoms with van der Waals surface area (Å²) in [5.41, 5.74) is 3.09. The number of esters is 2. The molecule has 1 heterocycles. The van der Waals surface area contributed by atoms with E-state index < -0.39 is 18.0 Å². The van der Waals surface area contributed by atoms with E-state index in [4.69, 9.17) is 14.6 Å². The lowest BCUT2D eigenvalue weighted by Gasteiger charge is -2.58. The fourth-order valence-electron chi connectivity index (χ4n) is 11.0. The third-order valence-electron chi connectivity index (χ3n) is 13.8. The van der Waals surface area contributed by atoms with E-state index in [1.165, 1.54) is 81.9 Å². The van der Waals surface area contributed by atoms with E-state index in [9.17, 15) is 19.2 Å². The second kappa shape index (κ2) is 19.0. The average Bonchev–Trinajstić information content (AvgIpc) is 3.44. The molecule has 1 saturated heterocycles. The van der Waals surface area contributed by atoms with Gasteiger partial charge in [-0.15, -0.1) is 0 Å². The van der Waals surface area contributed by atoms with Gasteiger partial charge in [-0.2, -0.15) is 0 Å². The van der Waals surface area contributed by atoms with Crippen molar-refractivity contribution in [2.75, 3.05) is 33.0 Å². The zero-order chi connectivity index (χ0) is 37.2. The van der Waals surface area contributed by atoms with Crippen molar-refractivity contribution in [2.24, 2.45) is 46.3 Å². The highest BCUT2D eigenvalue weighted by Gasteiger charge is 2.58. The van der Waals surface area contributed by atoms with Crippen LogP contribution in [0.1, 0.15) is 151 Å². The van der Waals surface area contributed by atoms with Crippen molar-refractivity contribution in [3.8, 4) is 0 Å². The van der Waals surface area contributed by atoms with E-state index in [1.807, 2.05) is 5.57 Å². The van der Waals surface area contributed by atoms with Crippen molar-refractivity contribution in [2.45, 2.75) is 151 Å². The van der Waals surface area contributed by atoms with E-state index in [-0.39, 0.29) is 51.7 Å². The molecule has 5 rings (SSSR count). The molecule has 4 aliphatic carbocycles. The Morgan fingerprint density at radius 3 is 2.43 bits per heavy atom. The molecule has 3 saturated carbocycles. The van der Waals surface area contributed by atoms with Crippen LogP contribution in [0, 0.1) is 46.3 Å². The number of nitrogens with zero attached hydrogens (tertiary/aromatic N) is 2. The third kappa shape index (κ3) is 10.5. The van der Waals surface area contributed by atoms with Crippen LogP contribution in [0.25, 0.3) is 0 Å². The quantitative estimate of drug-likeness (QED) is 0.197. The summed E-state index contributed by atoms with van der Waals surface area (Å²) in [7, 11) is 0. The summed E-state index contributed by atoms with van der Waals surface area (Å²) in [4.78, 5) is 48.9. The normalized spacial score (nSPS) is 32.3. The molecule has 0 radical (unpaired) electrons. The molecule has 7 unspecified atom stereocenters.